The highest BCUT2D eigenvalue weighted by atomic mass is 16.3. The fourth-order valence-corrected chi connectivity index (χ4v) is 4.46. The first-order valence-corrected chi connectivity index (χ1v) is 11.0. The number of carbonyl (C=O) groups is 1. The zero-order chi connectivity index (χ0) is 20.8. The number of amides is 1. The van der Waals surface area contributed by atoms with E-state index in [1.165, 1.54) is 19.3 Å². The van der Waals surface area contributed by atoms with Gasteiger partial charge in [0.2, 0.25) is 5.91 Å². The third-order valence-electron chi connectivity index (χ3n) is 6.56. The van der Waals surface area contributed by atoms with Gasteiger partial charge < -0.3 is 15.5 Å². The number of piperidine rings is 2. The molecule has 0 spiro atoms. The lowest BCUT2D eigenvalue weighted by Gasteiger charge is -2.34. The SMILES string of the molecule is Cc1ncc(CO)c(CN2CCC(CNC(=O)CN3CCCCC3C)CC2)c1O. The van der Waals surface area contributed by atoms with Crippen LogP contribution in [0, 0.1) is 12.8 Å². The van der Waals surface area contributed by atoms with E-state index in [-0.39, 0.29) is 18.3 Å². The molecule has 7 nitrogen and oxygen atoms in total. The standard InChI is InChI=1S/C22H36N4O3/c1-16-5-3-4-8-26(16)14-21(28)24-11-18-6-9-25(10-7-18)13-20-19(15-27)12-23-17(2)22(20)29/h12,16,18,27,29H,3-11,13-15H2,1-2H3,(H,24,28). The fraction of sp³-hybridized carbons (Fsp3) is 0.727. The molecule has 0 bridgehead atoms. The van der Waals surface area contributed by atoms with Gasteiger partial charge in [0.05, 0.1) is 18.8 Å². The highest BCUT2D eigenvalue weighted by Crippen LogP contribution is 2.27. The van der Waals surface area contributed by atoms with Crippen molar-refractivity contribution in [1.29, 1.82) is 0 Å². The summed E-state index contributed by atoms with van der Waals surface area (Å²) in [7, 11) is 0. The molecule has 0 aliphatic carbocycles. The van der Waals surface area contributed by atoms with Crippen LogP contribution < -0.4 is 5.32 Å². The number of carbonyl (C=O) groups excluding carboxylic acids is 1. The number of aromatic nitrogens is 1. The van der Waals surface area contributed by atoms with E-state index in [2.05, 4.69) is 27.0 Å². The van der Waals surface area contributed by atoms with Crippen molar-refractivity contribution < 1.29 is 15.0 Å². The number of aryl methyl sites for hydroxylation is 1. The van der Waals surface area contributed by atoms with Crippen LogP contribution in [0.2, 0.25) is 0 Å². The maximum atomic E-state index is 12.3. The average Bonchev–Trinajstić information content (AvgIpc) is 2.73. The van der Waals surface area contributed by atoms with Gasteiger partial charge >= 0.3 is 0 Å². The fourth-order valence-electron chi connectivity index (χ4n) is 4.46. The molecular formula is C22H36N4O3. The van der Waals surface area contributed by atoms with E-state index < -0.39 is 0 Å². The summed E-state index contributed by atoms with van der Waals surface area (Å²) >= 11 is 0. The van der Waals surface area contributed by atoms with Crippen molar-refractivity contribution in [3.63, 3.8) is 0 Å². The minimum Gasteiger partial charge on any atom is -0.506 e. The van der Waals surface area contributed by atoms with Gasteiger partial charge in [0.15, 0.2) is 0 Å². The summed E-state index contributed by atoms with van der Waals surface area (Å²) in [5, 5.41) is 23.0. The van der Waals surface area contributed by atoms with Gasteiger partial charge in [-0.05, 0) is 65.1 Å². The van der Waals surface area contributed by atoms with E-state index >= 15 is 0 Å². The van der Waals surface area contributed by atoms with Crippen molar-refractivity contribution in [1.82, 2.24) is 20.1 Å². The van der Waals surface area contributed by atoms with E-state index in [9.17, 15) is 15.0 Å². The molecule has 2 fully saturated rings. The number of nitrogens with one attached hydrogen (secondary N) is 1. The molecule has 1 aromatic heterocycles. The van der Waals surface area contributed by atoms with Gasteiger partial charge in [0.1, 0.15) is 5.75 Å². The molecule has 0 radical (unpaired) electrons. The molecule has 7 heteroatoms. The second kappa shape index (κ2) is 10.4. The third kappa shape index (κ3) is 5.90. The van der Waals surface area contributed by atoms with Crippen LogP contribution >= 0.6 is 0 Å². The number of aromatic hydroxyl groups is 1. The maximum Gasteiger partial charge on any atom is 0.234 e. The van der Waals surface area contributed by atoms with E-state index in [0.717, 1.165) is 44.6 Å². The number of hydrogen-bond donors (Lipinski definition) is 3. The van der Waals surface area contributed by atoms with Crippen LogP contribution in [0.15, 0.2) is 6.20 Å². The minimum absolute atomic E-state index is 0.117. The Hall–Kier alpha value is -1.70. The third-order valence-corrected chi connectivity index (χ3v) is 6.56. The number of aliphatic hydroxyl groups is 1. The number of nitrogens with zero attached hydrogens (tertiary/aromatic N) is 3. The second-order valence-corrected chi connectivity index (χ2v) is 8.69. The molecule has 0 aromatic carbocycles. The number of likely N-dealkylation sites (tertiary alicyclic amines) is 2. The molecule has 1 aromatic rings. The Morgan fingerprint density at radius 2 is 2.00 bits per heavy atom. The molecule has 3 rings (SSSR count). The van der Waals surface area contributed by atoms with Gasteiger partial charge in [-0.1, -0.05) is 6.42 Å². The van der Waals surface area contributed by atoms with E-state index in [1.54, 1.807) is 13.1 Å². The van der Waals surface area contributed by atoms with E-state index in [4.69, 9.17) is 0 Å². The van der Waals surface area contributed by atoms with Crippen molar-refractivity contribution in [3.05, 3.63) is 23.0 Å². The van der Waals surface area contributed by atoms with Crippen LogP contribution in [0.5, 0.6) is 5.75 Å². The maximum absolute atomic E-state index is 12.3. The number of pyridine rings is 1. The first-order chi connectivity index (χ1) is 14.0. The van der Waals surface area contributed by atoms with Gasteiger partial charge in [0, 0.05) is 36.5 Å². The van der Waals surface area contributed by atoms with Crippen LogP contribution in [0.4, 0.5) is 0 Å². The number of rotatable bonds is 7. The topological polar surface area (TPSA) is 88.9 Å². The highest BCUT2D eigenvalue weighted by Gasteiger charge is 2.24. The Morgan fingerprint density at radius 3 is 2.69 bits per heavy atom. The molecule has 2 aliphatic heterocycles. The van der Waals surface area contributed by atoms with Gasteiger partial charge in [0.25, 0.3) is 0 Å². The van der Waals surface area contributed by atoms with Crippen molar-refractivity contribution in [2.45, 2.75) is 65.1 Å². The van der Waals surface area contributed by atoms with E-state index in [1.807, 2.05) is 0 Å². The summed E-state index contributed by atoms with van der Waals surface area (Å²) in [6, 6.07) is 0.509. The van der Waals surface area contributed by atoms with Crippen LogP contribution in [0.25, 0.3) is 0 Å². The normalized spacial score (nSPS) is 22.0. The lowest BCUT2D eigenvalue weighted by atomic mass is 9.96. The Balaban J connectivity index is 1.42. The van der Waals surface area contributed by atoms with Crippen molar-refractivity contribution in [3.8, 4) is 5.75 Å². The summed E-state index contributed by atoms with van der Waals surface area (Å²) in [4.78, 5) is 21.1. The molecule has 1 unspecified atom stereocenters. The summed E-state index contributed by atoms with van der Waals surface area (Å²) in [6.07, 6.45) is 7.36. The lowest BCUT2D eigenvalue weighted by Crippen LogP contribution is -2.45. The molecule has 29 heavy (non-hydrogen) atoms. The smallest absolute Gasteiger partial charge is 0.234 e. The van der Waals surface area contributed by atoms with Gasteiger partial charge in [-0.15, -0.1) is 0 Å². The summed E-state index contributed by atoms with van der Waals surface area (Å²) in [6.45, 7) is 8.65. The predicted octanol–water partition coefficient (Wildman–Crippen LogP) is 1.79. The zero-order valence-corrected chi connectivity index (χ0v) is 17.9. The predicted molar refractivity (Wildman–Crippen MR) is 112 cm³/mol. The monoisotopic (exact) mass is 404 g/mol. The minimum atomic E-state index is -0.117. The van der Waals surface area contributed by atoms with Crippen LogP contribution in [-0.4, -0.2) is 69.7 Å². The highest BCUT2D eigenvalue weighted by molar-refractivity contribution is 5.78. The number of aliphatic hydroxyl groups excluding tert-OH is 1. The van der Waals surface area contributed by atoms with Crippen molar-refractivity contribution >= 4 is 5.91 Å². The zero-order valence-electron chi connectivity index (χ0n) is 17.9. The molecule has 1 atom stereocenters. The van der Waals surface area contributed by atoms with Crippen LogP contribution in [0.1, 0.15) is 55.8 Å². The molecular weight excluding hydrogens is 368 g/mol. The molecule has 3 N–H and O–H groups in total. The van der Waals surface area contributed by atoms with Gasteiger partial charge in [-0.2, -0.15) is 0 Å². The van der Waals surface area contributed by atoms with Crippen molar-refractivity contribution in [2.75, 3.05) is 32.7 Å². The largest absolute Gasteiger partial charge is 0.506 e. The summed E-state index contributed by atoms with van der Waals surface area (Å²) < 4.78 is 0. The van der Waals surface area contributed by atoms with Crippen molar-refractivity contribution in [2.24, 2.45) is 5.92 Å². The van der Waals surface area contributed by atoms with Gasteiger partial charge in [-0.3, -0.25) is 19.6 Å². The second-order valence-electron chi connectivity index (χ2n) is 8.69. The Bertz CT molecular complexity index is 689. The molecule has 0 saturated carbocycles. The number of hydrogen-bond acceptors (Lipinski definition) is 6. The molecule has 2 saturated heterocycles. The molecule has 2 aliphatic rings. The lowest BCUT2D eigenvalue weighted by molar-refractivity contribution is -0.123. The molecule has 3 heterocycles. The average molecular weight is 405 g/mol. The molecule has 162 valence electrons. The Kier molecular flexibility index (Phi) is 7.86. The first-order valence-electron chi connectivity index (χ1n) is 11.0. The van der Waals surface area contributed by atoms with Gasteiger partial charge in [-0.25, -0.2) is 0 Å². The Morgan fingerprint density at radius 1 is 1.24 bits per heavy atom. The molecule has 1 amide bonds. The van der Waals surface area contributed by atoms with Crippen LogP contribution in [0.3, 0.4) is 0 Å². The summed E-state index contributed by atoms with van der Waals surface area (Å²) in [5.74, 6) is 0.836. The van der Waals surface area contributed by atoms with Crippen LogP contribution in [-0.2, 0) is 17.9 Å². The quantitative estimate of drug-likeness (QED) is 0.642. The first kappa shape index (κ1) is 22.0. The van der Waals surface area contributed by atoms with E-state index in [0.29, 0.717) is 36.3 Å². The summed E-state index contributed by atoms with van der Waals surface area (Å²) in [5.41, 5.74) is 2.06. The Labute approximate surface area is 174 Å².